The molecule has 0 aliphatic carbocycles. The molecule has 3 rings (SSSR count). The quantitative estimate of drug-likeness (QED) is 0.269. The molecule has 0 aliphatic rings. The zero-order valence-corrected chi connectivity index (χ0v) is 19.3. The van der Waals surface area contributed by atoms with Crippen LogP contribution in [0.25, 0.3) is 6.08 Å². The highest BCUT2D eigenvalue weighted by Crippen LogP contribution is 2.15. The largest absolute Gasteiger partial charge is 0.465 e. The molecule has 0 radical (unpaired) electrons. The third kappa shape index (κ3) is 6.66. The van der Waals surface area contributed by atoms with Gasteiger partial charge >= 0.3 is 6.03 Å². The molecule has 0 bridgehead atoms. The van der Waals surface area contributed by atoms with Crippen LogP contribution in [0.4, 0.5) is 4.79 Å². The number of ketones is 1. The van der Waals surface area contributed by atoms with Gasteiger partial charge in [0.05, 0.1) is 11.2 Å². The van der Waals surface area contributed by atoms with Gasteiger partial charge in [0.2, 0.25) is 0 Å². The molecule has 3 amide bonds. The van der Waals surface area contributed by atoms with Crippen molar-refractivity contribution in [3.63, 3.8) is 0 Å². The summed E-state index contributed by atoms with van der Waals surface area (Å²) >= 11 is 0. The monoisotopic (exact) mass is 481 g/mol. The Morgan fingerprint density at radius 2 is 1.50 bits per heavy atom. The second kappa shape index (κ2) is 10.6. The van der Waals surface area contributed by atoms with Crippen molar-refractivity contribution in [1.82, 2.24) is 15.6 Å². The number of rotatable bonds is 7. The number of hydrogen-bond acceptors (Lipinski definition) is 6. The van der Waals surface area contributed by atoms with E-state index in [0.717, 1.165) is 11.1 Å². The van der Waals surface area contributed by atoms with Crippen LogP contribution in [-0.2, 0) is 14.8 Å². The standard InChI is InChI=1S/C24H23N3O6S/c1-16-5-9-18(10-6-16)22(28)15-19(14-20-4-3-13-33-20)23(29)25-26-24(30)27-34(31,32)21-11-7-17(2)8-12-21/h3-14H,15H2,1-2H3,(H,25,29)(H2,26,27,30)/b19-14+. The van der Waals surface area contributed by atoms with Crippen LogP contribution in [0.15, 0.2) is 81.8 Å². The van der Waals surface area contributed by atoms with Crippen LogP contribution in [0.1, 0.15) is 33.7 Å². The van der Waals surface area contributed by atoms with E-state index >= 15 is 0 Å². The van der Waals surface area contributed by atoms with E-state index in [0.29, 0.717) is 11.3 Å². The van der Waals surface area contributed by atoms with Crippen LogP contribution in [0.5, 0.6) is 0 Å². The number of furan rings is 1. The Balaban J connectivity index is 1.68. The minimum absolute atomic E-state index is 0.00205. The summed E-state index contributed by atoms with van der Waals surface area (Å²) in [5.74, 6) is -0.799. The molecule has 0 aliphatic heterocycles. The summed E-state index contributed by atoms with van der Waals surface area (Å²) in [6, 6.07) is 14.8. The maximum atomic E-state index is 12.7. The van der Waals surface area contributed by atoms with E-state index in [-0.39, 0.29) is 22.7 Å². The number of hydrogen-bond donors (Lipinski definition) is 3. The van der Waals surface area contributed by atoms with Crippen LogP contribution in [0.3, 0.4) is 0 Å². The minimum Gasteiger partial charge on any atom is -0.465 e. The molecule has 9 nitrogen and oxygen atoms in total. The zero-order valence-electron chi connectivity index (χ0n) is 18.5. The summed E-state index contributed by atoms with van der Waals surface area (Å²) < 4.78 is 31.7. The van der Waals surface area contributed by atoms with E-state index < -0.39 is 22.0 Å². The number of hydrazine groups is 1. The van der Waals surface area contributed by atoms with Gasteiger partial charge in [-0.3, -0.25) is 15.0 Å². The van der Waals surface area contributed by atoms with Gasteiger partial charge < -0.3 is 4.42 Å². The van der Waals surface area contributed by atoms with Crippen molar-refractivity contribution in [2.75, 3.05) is 0 Å². The van der Waals surface area contributed by atoms with Crippen molar-refractivity contribution in [1.29, 1.82) is 0 Å². The number of amides is 3. The van der Waals surface area contributed by atoms with E-state index in [2.05, 4.69) is 5.43 Å². The number of nitrogens with one attached hydrogen (secondary N) is 3. The van der Waals surface area contributed by atoms with Gasteiger partial charge in [-0.05, 0) is 44.2 Å². The van der Waals surface area contributed by atoms with Gasteiger partial charge in [-0.2, -0.15) is 0 Å². The molecule has 34 heavy (non-hydrogen) atoms. The van der Waals surface area contributed by atoms with Crippen LogP contribution in [0, 0.1) is 13.8 Å². The van der Waals surface area contributed by atoms with Gasteiger partial charge in [0.15, 0.2) is 5.78 Å². The number of sulfonamides is 1. The number of Topliss-reactive ketones (excluding diaryl/α,β-unsaturated/α-hetero) is 1. The van der Waals surface area contributed by atoms with Gasteiger partial charge in [0, 0.05) is 17.6 Å². The number of carbonyl (C=O) groups is 3. The predicted octanol–water partition coefficient (Wildman–Crippen LogP) is 3.27. The van der Waals surface area contributed by atoms with Gasteiger partial charge in [-0.1, -0.05) is 47.5 Å². The third-order valence-corrected chi connectivity index (χ3v) is 6.07. The highest BCUT2D eigenvalue weighted by atomic mass is 32.2. The summed E-state index contributed by atoms with van der Waals surface area (Å²) in [6.07, 6.45) is 2.50. The van der Waals surface area contributed by atoms with Gasteiger partial charge in [-0.25, -0.2) is 23.4 Å². The highest BCUT2D eigenvalue weighted by Gasteiger charge is 2.20. The lowest BCUT2D eigenvalue weighted by atomic mass is 10.0. The normalized spacial score (nSPS) is 11.5. The first-order valence-electron chi connectivity index (χ1n) is 10.2. The van der Waals surface area contributed by atoms with E-state index in [4.69, 9.17) is 4.42 Å². The Kier molecular flexibility index (Phi) is 7.64. The summed E-state index contributed by atoms with van der Waals surface area (Å²) in [6.45, 7) is 3.68. The average Bonchev–Trinajstić information content (AvgIpc) is 3.30. The maximum absolute atomic E-state index is 12.7. The molecule has 176 valence electrons. The molecule has 0 saturated heterocycles. The van der Waals surface area contributed by atoms with Crippen molar-refractivity contribution in [2.45, 2.75) is 25.2 Å². The molecule has 0 unspecified atom stereocenters. The van der Waals surface area contributed by atoms with Crippen LogP contribution < -0.4 is 15.6 Å². The van der Waals surface area contributed by atoms with Gasteiger partial charge in [0.1, 0.15) is 5.76 Å². The van der Waals surface area contributed by atoms with Crippen LogP contribution >= 0.6 is 0 Å². The molecule has 0 spiro atoms. The smallest absolute Gasteiger partial charge is 0.347 e. The molecule has 3 aromatic rings. The van der Waals surface area contributed by atoms with Crippen molar-refractivity contribution in [3.05, 3.63) is 95.0 Å². The van der Waals surface area contributed by atoms with E-state index in [9.17, 15) is 22.8 Å². The lowest BCUT2D eigenvalue weighted by Gasteiger charge is -2.11. The number of aryl methyl sites for hydroxylation is 2. The lowest BCUT2D eigenvalue weighted by molar-refractivity contribution is -0.118. The molecule has 0 saturated carbocycles. The summed E-state index contributed by atoms with van der Waals surface area (Å²) in [5, 5.41) is 0. The molecule has 10 heteroatoms. The predicted molar refractivity (Wildman–Crippen MR) is 125 cm³/mol. The Morgan fingerprint density at radius 1 is 0.882 bits per heavy atom. The average molecular weight is 482 g/mol. The lowest BCUT2D eigenvalue weighted by Crippen LogP contribution is -2.49. The maximum Gasteiger partial charge on any atom is 0.347 e. The molecule has 2 aromatic carbocycles. The van der Waals surface area contributed by atoms with E-state index in [1.54, 1.807) is 60.2 Å². The highest BCUT2D eigenvalue weighted by molar-refractivity contribution is 7.90. The fourth-order valence-corrected chi connectivity index (χ4v) is 3.78. The van der Waals surface area contributed by atoms with Crippen LogP contribution in [-0.4, -0.2) is 26.1 Å². The molecule has 3 N–H and O–H groups in total. The number of benzene rings is 2. The first-order valence-corrected chi connectivity index (χ1v) is 11.7. The van der Waals surface area contributed by atoms with E-state index in [1.165, 1.54) is 24.5 Å². The topological polar surface area (TPSA) is 135 Å². The first kappa shape index (κ1) is 24.5. The minimum atomic E-state index is -4.14. The van der Waals surface area contributed by atoms with Crippen molar-refractivity contribution in [2.24, 2.45) is 0 Å². The first-order chi connectivity index (χ1) is 16.1. The van der Waals surface area contributed by atoms with Crippen LogP contribution in [0.2, 0.25) is 0 Å². The SMILES string of the molecule is Cc1ccc(C(=O)C/C(=C\c2ccco2)C(=O)NNC(=O)NS(=O)(=O)c2ccc(C)cc2)cc1. The fraction of sp³-hybridized carbons (Fsp3) is 0.125. The molecule has 1 heterocycles. The molecular formula is C24H23N3O6S. The van der Waals surface area contributed by atoms with E-state index in [1.807, 2.05) is 12.3 Å². The second-order valence-electron chi connectivity index (χ2n) is 7.48. The molecule has 1 aromatic heterocycles. The van der Waals surface area contributed by atoms with Gasteiger partial charge in [0.25, 0.3) is 15.9 Å². The van der Waals surface area contributed by atoms with Crippen molar-refractivity contribution < 1.29 is 27.2 Å². The Labute approximate surface area is 196 Å². The summed E-state index contributed by atoms with van der Waals surface area (Å²) in [4.78, 5) is 37.4. The van der Waals surface area contributed by atoms with Crippen molar-refractivity contribution >= 4 is 33.8 Å². The third-order valence-electron chi connectivity index (χ3n) is 4.72. The van der Waals surface area contributed by atoms with Crippen molar-refractivity contribution in [3.8, 4) is 0 Å². The number of urea groups is 1. The summed E-state index contributed by atoms with van der Waals surface area (Å²) in [5.41, 5.74) is 6.36. The number of carbonyl (C=O) groups excluding carboxylic acids is 3. The molecule has 0 atom stereocenters. The zero-order chi connectivity index (χ0) is 24.7. The van der Waals surface area contributed by atoms with Gasteiger partial charge in [-0.15, -0.1) is 0 Å². The molecular weight excluding hydrogens is 458 g/mol. The second-order valence-corrected chi connectivity index (χ2v) is 9.16. The molecule has 0 fully saturated rings. The Hall–Kier alpha value is -4.18. The fourth-order valence-electron chi connectivity index (χ4n) is 2.87. The summed E-state index contributed by atoms with van der Waals surface area (Å²) in [7, 11) is -4.14. The Morgan fingerprint density at radius 3 is 2.09 bits per heavy atom. The Bertz CT molecular complexity index is 1310.